The van der Waals surface area contributed by atoms with Crippen molar-refractivity contribution in [3.63, 3.8) is 0 Å². The summed E-state index contributed by atoms with van der Waals surface area (Å²) in [4.78, 5) is 2.42. The summed E-state index contributed by atoms with van der Waals surface area (Å²) in [6.45, 7) is 9.33. The van der Waals surface area contributed by atoms with Gasteiger partial charge >= 0.3 is 0 Å². The third kappa shape index (κ3) is 6.33. The minimum atomic E-state index is 0.771. The number of hydrogen-bond donors (Lipinski definition) is 1. The molecule has 0 heterocycles. The molecule has 2 aromatic rings. The Morgan fingerprint density at radius 2 is 1.61 bits per heavy atom. The highest BCUT2D eigenvalue weighted by atomic mass is 16.5. The van der Waals surface area contributed by atoms with Crippen LogP contribution in [-0.4, -0.2) is 31.1 Å². The summed E-state index contributed by atoms with van der Waals surface area (Å²) >= 11 is 0. The van der Waals surface area contributed by atoms with Crippen LogP contribution in [0.25, 0.3) is 0 Å². The van der Waals surface area contributed by atoms with E-state index < -0.39 is 0 Å². The second kappa shape index (κ2) is 9.90. The van der Waals surface area contributed by atoms with Gasteiger partial charge in [-0.05, 0) is 49.3 Å². The molecule has 1 N–H and O–H groups in total. The Morgan fingerprint density at radius 3 is 2.26 bits per heavy atom. The van der Waals surface area contributed by atoms with Gasteiger partial charge in [0.2, 0.25) is 0 Å². The van der Waals surface area contributed by atoms with Crippen LogP contribution in [0.5, 0.6) is 5.75 Å². The Hall–Kier alpha value is -2.00. The van der Waals surface area contributed by atoms with E-state index in [2.05, 4.69) is 60.5 Å². The second-order valence-corrected chi connectivity index (χ2v) is 5.59. The molecule has 0 atom stereocenters. The first kappa shape index (κ1) is 17.4. The normalized spacial score (nSPS) is 10.7. The van der Waals surface area contributed by atoms with Crippen LogP contribution in [-0.2, 0) is 6.54 Å². The quantitative estimate of drug-likeness (QED) is 0.658. The fraction of sp³-hybridized carbons (Fsp3) is 0.400. The minimum absolute atomic E-state index is 0.771. The summed E-state index contributed by atoms with van der Waals surface area (Å²) in [5, 5.41) is 3.42. The van der Waals surface area contributed by atoms with E-state index in [0.717, 1.165) is 50.6 Å². The molecule has 0 aliphatic carbocycles. The number of nitrogens with zero attached hydrogens (tertiary/aromatic N) is 1. The molecule has 2 rings (SSSR count). The molecule has 2 aromatic carbocycles. The summed E-state index contributed by atoms with van der Waals surface area (Å²) in [6.07, 6.45) is 1.07. The van der Waals surface area contributed by atoms with Crippen LogP contribution in [0.3, 0.4) is 0 Å². The standard InChI is InChI=1S/C20H28N2O/c1-3-22(4-2)15-8-16-23-20-13-11-19(12-14-20)21-17-18-9-6-5-7-10-18/h5-7,9-14,21H,3-4,8,15-17H2,1-2H3. The topological polar surface area (TPSA) is 24.5 Å². The fourth-order valence-corrected chi connectivity index (χ4v) is 2.49. The molecule has 0 aromatic heterocycles. The monoisotopic (exact) mass is 312 g/mol. The molecule has 0 aliphatic rings. The van der Waals surface area contributed by atoms with Crippen LogP contribution in [0.4, 0.5) is 5.69 Å². The molecule has 0 unspecified atom stereocenters. The molecule has 0 spiro atoms. The Morgan fingerprint density at radius 1 is 0.913 bits per heavy atom. The van der Waals surface area contributed by atoms with Crippen LogP contribution in [0.2, 0.25) is 0 Å². The van der Waals surface area contributed by atoms with Gasteiger partial charge in [0.1, 0.15) is 5.75 Å². The Labute approximate surface area is 140 Å². The van der Waals surface area contributed by atoms with Crippen molar-refractivity contribution < 1.29 is 4.74 Å². The molecule has 0 bridgehead atoms. The van der Waals surface area contributed by atoms with Crippen LogP contribution in [0.15, 0.2) is 54.6 Å². The first-order chi connectivity index (χ1) is 11.3. The number of nitrogens with one attached hydrogen (secondary N) is 1. The molecule has 3 heteroatoms. The molecule has 0 fully saturated rings. The van der Waals surface area contributed by atoms with Crippen molar-refractivity contribution >= 4 is 5.69 Å². The molecular formula is C20H28N2O. The Balaban J connectivity index is 1.70. The molecule has 0 amide bonds. The largest absolute Gasteiger partial charge is 0.494 e. The second-order valence-electron chi connectivity index (χ2n) is 5.59. The van der Waals surface area contributed by atoms with Gasteiger partial charge in [-0.15, -0.1) is 0 Å². The van der Waals surface area contributed by atoms with Crippen molar-refractivity contribution in [1.29, 1.82) is 0 Å². The number of benzene rings is 2. The number of ether oxygens (including phenoxy) is 1. The van der Waals surface area contributed by atoms with Gasteiger partial charge < -0.3 is 15.0 Å². The van der Waals surface area contributed by atoms with Crippen molar-refractivity contribution in [3.8, 4) is 5.75 Å². The van der Waals surface area contributed by atoms with Gasteiger partial charge in [0.25, 0.3) is 0 Å². The first-order valence-electron chi connectivity index (χ1n) is 8.54. The lowest BCUT2D eigenvalue weighted by atomic mass is 10.2. The maximum atomic E-state index is 5.81. The van der Waals surface area contributed by atoms with E-state index in [1.54, 1.807) is 0 Å². The molecule has 0 aliphatic heterocycles. The molecular weight excluding hydrogens is 284 g/mol. The highest BCUT2D eigenvalue weighted by molar-refractivity contribution is 5.46. The summed E-state index contributed by atoms with van der Waals surface area (Å²) in [6, 6.07) is 18.6. The smallest absolute Gasteiger partial charge is 0.119 e. The predicted octanol–water partition coefficient (Wildman–Crippen LogP) is 4.41. The summed E-state index contributed by atoms with van der Waals surface area (Å²) in [5.41, 5.74) is 2.40. The zero-order valence-electron chi connectivity index (χ0n) is 14.3. The van der Waals surface area contributed by atoms with Crippen LogP contribution >= 0.6 is 0 Å². The van der Waals surface area contributed by atoms with Gasteiger partial charge in [0.15, 0.2) is 0 Å². The van der Waals surface area contributed by atoms with E-state index >= 15 is 0 Å². The molecule has 0 saturated carbocycles. The fourth-order valence-electron chi connectivity index (χ4n) is 2.49. The molecule has 3 nitrogen and oxygen atoms in total. The molecule has 23 heavy (non-hydrogen) atoms. The lowest BCUT2D eigenvalue weighted by molar-refractivity contribution is 0.249. The highest BCUT2D eigenvalue weighted by Crippen LogP contribution is 2.16. The van der Waals surface area contributed by atoms with Crippen LogP contribution in [0.1, 0.15) is 25.8 Å². The van der Waals surface area contributed by atoms with Gasteiger partial charge in [-0.2, -0.15) is 0 Å². The third-order valence-electron chi connectivity index (χ3n) is 3.98. The summed E-state index contributed by atoms with van der Waals surface area (Å²) in [7, 11) is 0. The van der Waals surface area contributed by atoms with Gasteiger partial charge in [-0.25, -0.2) is 0 Å². The van der Waals surface area contributed by atoms with E-state index in [9.17, 15) is 0 Å². The lowest BCUT2D eigenvalue weighted by Crippen LogP contribution is -2.25. The first-order valence-corrected chi connectivity index (χ1v) is 8.54. The molecule has 0 radical (unpaired) electrons. The average Bonchev–Trinajstić information content (AvgIpc) is 2.62. The zero-order chi connectivity index (χ0) is 16.3. The minimum Gasteiger partial charge on any atom is -0.494 e. The van der Waals surface area contributed by atoms with E-state index in [1.165, 1.54) is 5.56 Å². The number of hydrogen-bond acceptors (Lipinski definition) is 3. The van der Waals surface area contributed by atoms with E-state index in [0.29, 0.717) is 0 Å². The third-order valence-corrected chi connectivity index (χ3v) is 3.98. The maximum absolute atomic E-state index is 5.81. The van der Waals surface area contributed by atoms with Crippen LogP contribution in [0, 0.1) is 0 Å². The number of rotatable bonds is 10. The molecule has 124 valence electrons. The Bertz CT molecular complexity index is 535. The van der Waals surface area contributed by atoms with Gasteiger partial charge in [-0.3, -0.25) is 0 Å². The summed E-state index contributed by atoms with van der Waals surface area (Å²) in [5.74, 6) is 0.940. The highest BCUT2D eigenvalue weighted by Gasteiger charge is 2.00. The Kier molecular flexibility index (Phi) is 7.47. The van der Waals surface area contributed by atoms with E-state index in [1.807, 2.05) is 18.2 Å². The van der Waals surface area contributed by atoms with Crippen molar-refractivity contribution in [2.45, 2.75) is 26.8 Å². The van der Waals surface area contributed by atoms with Gasteiger partial charge in [0, 0.05) is 18.8 Å². The maximum Gasteiger partial charge on any atom is 0.119 e. The SMILES string of the molecule is CCN(CC)CCCOc1ccc(NCc2ccccc2)cc1. The lowest BCUT2D eigenvalue weighted by Gasteiger charge is -2.17. The van der Waals surface area contributed by atoms with Gasteiger partial charge in [0.05, 0.1) is 6.61 Å². The predicted molar refractivity (Wildman–Crippen MR) is 98.1 cm³/mol. The van der Waals surface area contributed by atoms with Crippen LogP contribution < -0.4 is 10.1 Å². The zero-order valence-corrected chi connectivity index (χ0v) is 14.3. The van der Waals surface area contributed by atoms with E-state index in [-0.39, 0.29) is 0 Å². The average molecular weight is 312 g/mol. The van der Waals surface area contributed by atoms with Crippen molar-refractivity contribution in [2.24, 2.45) is 0 Å². The number of anilines is 1. The van der Waals surface area contributed by atoms with Crippen molar-refractivity contribution in [2.75, 3.05) is 31.6 Å². The van der Waals surface area contributed by atoms with Gasteiger partial charge in [-0.1, -0.05) is 44.2 Å². The van der Waals surface area contributed by atoms with Crippen molar-refractivity contribution in [1.82, 2.24) is 4.90 Å². The van der Waals surface area contributed by atoms with Crippen molar-refractivity contribution in [3.05, 3.63) is 60.2 Å². The summed E-state index contributed by atoms with van der Waals surface area (Å²) < 4.78 is 5.81. The van der Waals surface area contributed by atoms with E-state index in [4.69, 9.17) is 4.74 Å². The molecule has 0 saturated heterocycles.